The van der Waals surface area contributed by atoms with Gasteiger partial charge in [-0.1, -0.05) is 12.1 Å². The molecule has 0 radical (unpaired) electrons. The van der Waals surface area contributed by atoms with Crippen LogP contribution in [0.4, 0.5) is 0 Å². The highest BCUT2D eigenvalue weighted by Crippen LogP contribution is 2.32. The number of ether oxygens (including phenoxy) is 2. The van der Waals surface area contributed by atoms with Crippen LogP contribution < -0.4 is 14.8 Å². The Labute approximate surface area is 122 Å². The lowest BCUT2D eigenvalue weighted by atomic mass is 10.1. The first-order chi connectivity index (χ1) is 10.1. The van der Waals surface area contributed by atoms with Gasteiger partial charge in [-0.2, -0.15) is 0 Å². The number of aliphatic carboxylic acids is 1. The van der Waals surface area contributed by atoms with E-state index in [4.69, 9.17) is 14.6 Å². The van der Waals surface area contributed by atoms with Gasteiger partial charge in [0.15, 0.2) is 18.1 Å². The van der Waals surface area contributed by atoms with Crippen LogP contribution in [0.25, 0.3) is 6.08 Å². The summed E-state index contributed by atoms with van der Waals surface area (Å²) in [5, 5.41) is 11.5. The Balaban J connectivity index is 2.10. The zero-order valence-electron chi connectivity index (χ0n) is 11.7. The number of amides is 1. The Kier molecular flexibility index (Phi) is 4.81. The van der Waals surface area contributed by atoms with Crippen molar-refractivity contribution in [2.24, 2.45) is 0 Å². The average Bonchev–Trinajstić information content (AvgIpc) is 3.26. The second kappa shape index (κ2) is 6.78. The summed E-state index contributed by atoms with van der Waals surface area (Å²) in [4.78, 5) is 22.3. The van der Waals surface area contributed by atoms with Crippen LogP contribution in [-0.4, -0.2) is 36.7 Å². The molecule has 0 aromatic heterocycles. The van der Waals surface area contributed by atoms with E-state index >= 15 is 0 Å². The van der Waals surface area contributed by atoms with Crippen LogP contribution >= 0.6 is 0 Å². The third-order valence-electron chi connectivity index (χ3n) is 2.92. The van der Waals surface area contributed by atoms with E-state index in [-0.39, 0.29) is 18.6 Å². The van der Waals surface area contributed by atoms with Crippen LogP contribution in [0, 0.1) is 0 Å². The molecule has 1 aromatic carbocycles. The molecule has 2 rings (SSSR count). The fraction of sp³-hybridized carbons (Fsp3) is 0.333. The molecule has 112 valence electrons. The number of carboxylic acid groups (broad SMARTS) is 1. The maximum atomic E-state index is 11.7. The molecule has 0 bridgehead atoms. The molecule has 1 aromatic rings. The highest BCUT2D eigenvalue weighted by molar-refractivity contribution is 5.86. The monoisotopic (exact) mass is 291 g/mol. The molecule has 1 aliphatic carbocycles. The smallest absolute Gasteiger partial charge is 0.328 e. The maximum absolute atomic E-state index is 11.7. The summed E-state index contributed by atoms with van der Waals surface area (Å²) in [6.45, 7) is -0.134. The van der Waals surface area contributed by atoms with E-state index in [2.05, 4.69) is 5.32 Å². The summed E-state index contributed by atoms with van der Waals surface area (Å²) in [5.41, 5.74) is 0.538. The van der Waals surface area contributed by atoms with Crippen molar-refractivity contribution in [2.45, 2.75) is 18.9 Å². The largest absolute Gasteiger partial charge is 0.493 e. The van der Waals surface area contributed by atoms with Crippen molar-refractivity contribution in [2.75, 3.05) is 13.7 Å². The molecule has 0 spiro atoms. The molecule has 0 atom stereocenters. The summed E-state index contributed by atoms with van der Waals surface area (Å²) in [6.07, 6.45) is 4.42. The van der Waals surface area contributed by atoms with E-state index in [1.165, 1.54) is 13.2 Å². The van der Waals surface area contributed by atoms with Gasteiger partial charge in [-0.15, -0.1) is 0 Å². The van der Waals surface area contributed by atoms with Gasteiger partial charge in [0.05, 0.1) is 7.11 Å². The Morgan fingerprint density at radius 1 is 1.43 bits per heavy atom. The van der Waals surface area contributed by atoms with Gasteiger partial charge in [0, 0.05) is 17.7 Å². The molecule has 1 amide bonds. The number of rotatable bonds is 7. The number of carbonyl (C=O) groups excluding carboxylic acids is 1. The minimum Gasteiger partial charge on any atom is -0.493 e. The number of methoxy groups -OCH3 is 1. The fourth-order valence-corrected chi connectivity index (χ4v) is 1.78. The summed E-state index contributed by atoms with van der Waals surface area (Å²) in [6, 6.07) is 5.37. The Bertz CT molecular complexity index is 563. The lowest BCUT2D eigenvalue weighted by Crippen LogP contribution is -2.30. The molecule has 1 saturated carbocycles. The first kappa shape index (κ1) is 14.9. The number of carboxylic acids is 1. The molecule has 21 heavy (non-hydrogen) atoms. The first-order valence-corrected chi connectivity index (χ1v) is 6.60. The molecule has 1 fully saturated rings. The average molecular weight is 291 g/mol. The van der Waals surface area contributed by atoms with Crippen molar-refractivity contribution >= 4 is 18.0 Å². The Hall–Kier alpha value is -2.50. The van der Waals surface area contributed by atoms with Crippen molar-refractivity contribution in [1.29, 1.82) is 0 Å². The molecule has 1 aliphatic rings. The Morgan fingerprint density at radius 3 is 2.81 bits per heavy atom. The molecule has 0 unspecified atom stereocenters. The van der Waals surface area contributed by atoms with Crippen molar-refractivity contribution < 1.29 is 24.2 Å². The molecule has 6 nitrogen and oxygen atoms in total. The molecular formula is C15H17NO5. The van der Waals surface area contributed by atoms with E-state index in [1.54, 1.807) is 18.2 Å². The second-order valence-electron chi connectivity index (χ2n) is 4.68. The highest BCUT2D eigenvalue weighted by Gasteiger charge is 2.23. The van der Waals surface area contributed by atoms with Gasteiger partial charge in [-0.05, 0) is 25.0 Å². The van der Waals surface area contributed by atoms with E-state index < -0.39 is 5.97 Å². The van der Waals surface area contributed by atoms with E-state index in [1.807, 2.05) is 0 Å². The molecule has 2 N–H and O–H groups in total. The predicted octanol–water partition coefficient (Wildman–Crippen LogP) is 1.45. The lowest BCUT2D eigenvalue weighted by molar-refractivity contribution is -0.131. The van der Waals surface area contributed by atoms with Gasteiger partial charge in [-0.25, -0.2) is 4.79 Å². The highest BCUT2D eigenvalue weighted by atomic mass is 16.5. The van der Waals surface area contributed by atoms with Gasteiger partial charge in [-0.3, -0.25) is 4.79 Å². The van der Waals surface area contributed by atoms with Crippen LogP contribution in [0.2, 0.25) is 0 Å². The van der Waals surface area contributed by atoms with Crippen LogP contribution in [0.5, 0.6) is 11.5 Å². The lowest BCUT2D eigenvalue weighted by Gasteiger charge is -2.13. The van der Waals surface area contributed by atoms with Gasteiger partial charge in [0.2, 0.25) is 0 Å². The number of hydrogen-bond donors (Lipinski definition) is 2. The van der Waals surface area contributed by atoms with Crippen LogP contribution in [-0.2, 0) is 9.59 Å². The number of carbonyl (C=O) groups is 2. The van der Waals surface area contributed by atoms with E-state index in [0.717, 1.165) is 18.9 Å². The second-order valence-corrected chi connectivity index (χ2v) is 4.68. The number of hydrogen-bond acceptors (Lipinski definition) is 4. The van der Waals surface area contributed by atoms with Gasteiger partial charge in [0.1, 0.15) is 0 Å². The molecule has 6 heteroatoms. The third kappa shape index (κ3) is 4.52. The van der Waals surface area contributed by atoms with Crippen LogP contribution in [0.15, 0.2) is 24.3 Å². The molecule has 0 saturated heterocycles. The van der Waals surface area contributed by atoms with Gasteiger partial charge < -0.3 is 19.9 Å². The minimum atomic E-state index is -1.06. The van der Waals surface area contributed by atoms with Crippen LogP contribution in [0.3, 0.4) is 0 Å². The van der Waals surface area contributed by atoms with Crippen molar-refractivity contribution in [3.8, 4) is 11.5 Å². The van der Waals surface area contributed by atoms with Crippen LogP contribution in [0.1, 0.15) is 18.4 Å². The summed E-state index contributed by atoms with van der Waals surface area (Å²) >= 11 is 0. The van der Waals surface area contributed by atoms with E-state index in [9.17, 15) is 9.59 Å². The predicted molar refractivity (Wildman–Crippen MR) is 76.3 cm³/mol. The normalized spacial score (nSPS) is 14.0. The summed E-state index contributed by atoms with van der Waals surface area (Å²) in [7, 11) is 1.48. The molecule has 0 heterocycles. The quantitative estimate of drug-likeness (QED) is 0.743. The SMILES string of the molecule is COc1cccc(/C=C/C(=O)O)c1OCC(=O)NC1CC1. The number of benzene rings is 1. The molecule has 0 aliphatic heterocycles. The maximum Gasteiger partial charge on any atom is 0.328 e. The standard InChI is InChI=1S/C15H17NO5/c1-20-12-4-2-3-10(5-8-14(18)19)15(12)21-9-13(17)16-11-6-7-11/h2-5,8,11H,6-7,9H2,1H3,(H,16,17)(H,18,19)/b8-5+. The Morgan fingerprint density at radius 2 is 2.19 bits per heavy atom. The fourth-order valence-electron chi connectivity index (χ4n) is 1.78. The van der Waals surface area contributed by atoms with Gasteiger partial charge >= 0.3 is 5.97 Å². The third-order valence-corrected chi connectivity index (χ3v) is 2.92. The van der Waals surface area contributed by atoms with Crippen molar-refractivity contribution in [3.63, 3.8) is 0 Å². The summed E-state index contributed by atoms with van der Waals surface area (Å²) < 4.78 is 10.7. The zero-order valence-corrected chi connectivity index (χ0v) is 11.7. The number of para-hydroxylation sites is 1. The first-order valence-electron chi connectivity index (χ1n) is 6.60. The number of nitrogens with one attached hydrogen (secondary N) is 1. The topological polar surface area (TPSA) is 84.9 Å². The van der Waals surface area contributed by atoms with Crippen molar-refractivity contribution in [3.05, 3.63) is 29.8 Å². The van der Waals surface area contributed by atoms with Gasteiger partial charge in [0.25, 0.3) is 5.91 Å². The molecular weight excluding hydrogens is 274 g/mol. The van der Waals surface area contributed by atoms with E-state index in [0.29, 0.717) is 17.1 Å². The van der Waals surface area contributed by atoms with Crippen molar-refractivity contribution in [1.82, 2.24) is 5.32 Å². The minimum absolute atomic E-state index is 0.134. The zero-order chi connectivity index (χ0) is 15.2. The summed E-state index contributed by atoms with van der Waals surface area (Å²) in [5.74, 6) is -0.461.